The van der Waals surface area contributed by atoms with Crippen molar-refractivity contribution in [1.82, 2.24) is 0 Å². The molecule has 4 aromatic rings. The molecule has 0 aliphatic rings. The second-order valence-electron chi connectivity index (χ2n) is 8.89. The second-order valence-corrected chi connectivity index (χ2v) is 8.89. The molecular formula is C32H34O6. The summed E-state index contributed by atoms with van der Waals surface area (Å²) in [6, 6.07) is 31.5. The van der Waals surface area contributed by atoms with Crippen LogP contribution in [0.25, 0.3) is 22.3 Å². The van der Waals surface area contributed by atoms with E-state index in [1.165, 1.54) is 0 Å². The minimum Gasteiger partial charge on any atom is -0.491 e. The molecule has 0 saturated heterocycles. The number of ether oxygens (including phenoxy) is 4. The van der Waals surface area contributed by atoms with E-state index in [4.69, 9.17) is 29.2 Å². The summed E-state index contributed by atoms with van der Waals surface area (Å²) in [7, 11) is 0. The Morgan fingerprint density at radius 3 is 0.974 bits per heavy atom. The summed E-state index contributed by atoms with van der Waals surface area (Å²) in [5.41, 5.74) is 4.31. The average Bonchev–Trinajstić information content (AvgIpc) is 2.96. The Balaban J connectivity index is 1.29. The largest absolute Gasteiger partial charge is 0.491 e. The monoisotopic (exact) mass is 514 g/mol. The molecule has 0 amide bonds. The predicted octanol–water partition coefficient (Wildman–Crippen LogP) is 6.00. The van der Waals surface area contributed by atoms with E-state index in [9.17, 15) is 0 Å². The van der Waals surface area contributed by atoms with Crippen LogP contribution in [0.3, 0.4) is 0 Å². The van der Waals surface area contributed by atoms with Gasteiger partial charge in [0.15, 0.2) is 0 Å². The van der Waals surface area contributed by atoms with Crippen molar-refractivity contribution in [3.8, 4) is 45.3 Å². The number of aliphatic hydroxyl groups is 2. The van der Waals surface area contributed by atoms with E-state index in [-0.39, 0.29) is 38.6 Å². The average molecular weight is 515 g/mol. The van der Waals surface area contributed by atoms with Gasteiger partial charge in [-0.25, -0.2) is 0 Å². The molecule has 4 rings (SSSR count). The molecular weight excluding hydrogens is 480 g/mol. The molecule has 0 saturated carbocycles. The maximum Gasteiger partial charge on any atom is 0.132 e. The molecule has 198 valence electrons. The lowest BCUT2D eigenvalue weighted by Crippen LogP contribution is -2.31. The normalized spacial score (nSPS) is 12.4. The van der Waals surface area contributed by atoms with Gasteiger partial charge in [0.05, 0.1) is 13.2 Å². The highest BCUT2D eigenvalue weighted by Gasteiger charge is 2.16. The third-order valence-corrected chi connectivity index (χ3v) is 6.11. The minimum atomic E-state index is -0.157. The quantitative estimate of drug-likeness (QED) is 0.228. The zero-order valence-electron chi connectivity index (χ0n) is 21.7. The fourth-order valence-corrected chi connectivity index (χ4v) is 3.89. The van der Waals surface area contributed by atoms with Crippen LogP contribution in [0.5, 0.6) is 23.0 Å². The SMILES string of the molecule is CC(Oc1ccc(-c2ccc(OCCO)cc2)cc1)C(C)Oc1ccc(-c2ccc(OCCO)cc2)cc1. The van der Waals surface area contributed by atoms with Crippen LogP contribution in [-0.4, -0.2) is 48.8 Å². The van der Waals surface area contributed by atoms with Gasteiger partial charge < -0.3 is 29.2 Å². The summed E-state index contributed by atoms with van der Waals surface area (Å²) in [5, 5.41) is 17.8. The van der Waals surface area contributed by atoms with E-state index in [0.29, 0.717) is 0 Å². The summed E-state index contributed by atoms with van der Waals surface area (Å²) in [6.45, 7) is 4.56. The van der Waals surface area contributed by atoms with Crippen LogP contribution in [-0.2, 0) is 0 Å². The van der Waals surface area contributed by atoms with Gasteiger partial charge in [0.2, 0.25) is 0 Å². The van der Waals surface area contributed by atoms with E-state index < -0.39 is 0 Å². The Morgan fingerprint density at radius 2 is 0.711 bits per heavy atom. The molecule has 2 unspecified atom stereocenters. The molecule has 2 N–H and O–H groups in total. The summed E-state index contributed by atoms with van der Waals surface area (Å²) in [5.74, 6) is 3.03. The molecule has 6 heteroatoms. The fraction of sp³-hybridized carbons (Fsp3) is 0.250. The van der Waals surface area contributed by atoms with E-state index >= 15 is 0 Å². The molecule has 0 fully saturated rings. The zero-order chi connectivity index (χ0) is 26.7. The predicted molar refractivity (Wildman–Crippen MR) is 149 cm³/mol. The lowest BCUT2D eigenvalue weighted by atomic mass is 10.1. The highest BCUT2D eigenvalue weighted by Crippen LogP contribution is 2.27. The smallest absolute Gasteiger partial charge is 0.132 e. The van der Waals surface area contributed by atoms with Gasteiger partial charge in [-0.3, -0.25) is 0 Å². The Bertz CT molecular complexity index is 1130. The first-order valence-electron chi connectivity index (χ1n) is 12.8. The molecule has 38 heavy (non-hydrogen) atoms. The van der Waals surface area contributed by atoms with E-state index in [1.54, 1.807) is 0 Å². The maximum absolute atomic E-state index is 8.88. The Labute approximate surface area is 224 Å². The van der Waals surface area contributed by atoms with Gasteiger partial charge in [0.25, 0.3) is 0 Å². The number of hydrogen-bond donors (Lipinski definition) is 2. The number of aliphatic hydroxyl groups excluding tert-OH is 2. The number of rotatable bonds is 13. The lowest BCUT2D eigenvalue weighted by molar-refractivity contribution is 0.0779. The summed E-state index contributed by atoms with van der Waals surface area (Å²) < 4.78 is 23.1. The third-order valence-electron chi connectivity index (χ3n) is 6.11. The van der Waals surface area contributed by atoms with Crippen LogP contribution >= 0.6 is 0 Å². The van der Waals surface area contributed by atoms with Crippen molar-refractivity contribution in [3.05, 3.63) is 97.1 Å². The molecule has 0 aromatic heterocycles. The highest BCUT2D eigenvalue weighted by atomic mass is 16.5. The van der Waals surface area contributed by atoms with Crippen molar-refractivity contribution in [3.63, 3.8) is 0 Å². The van der Waals surface area contributed by atoms with E-state index in [2.05, 4.69) is 0 Å². The lowest BCUT2D eigenvalue weighted by Gasteiger charge is -2.23. The van der Waals surface area contributed by atoms with Crippen molar-refractivity contribution in [2.75, 3.05) is 26.4 Å². The van der Waals surface area contributed by atoms with Gasteiger partial charge in [0.1, 0.15) is 48.4 Å². The van der Waals surface area contributed by atoms with Crippen LogP contribution < -0.4 is 18.9 Å². The van der Waals surface area contributed by atoms with E-state index in [0.717, 1.165) is 45.3 Å². The summed E-state index contributed by atoms with van der Waals surface area (Å²) in [4.78, 5) is 0. The van der Waals surface area contributed by atoms with Crippen molar-refractivity contribution in [1.29, 1.82) is 0 Å². The molecule has 0 heterocycles. The number of hydrogen-bond acceptors (Lipinski definition) is 6. The second kappa shape index (κ2) is 13.5. The first-order chi connectivity index (χ1) is 18.6. The standard InChI is InChI=1S/C32H34O6/c1-23(37-31-15-7-27(8-16-31)25-3-11-29(12-4-25)35-21-19-33)24(2)38-32-17-9-28(10-18-32)26-5-13-30(14-6-26)36-22-20-34/h3-18,23-24,33-34H,19-22H2,1-2H3. The first-order valence-corrected chi connectivity index (χ1v) is 12.8. The van der Waals surface area contributed by atoms with Gasteiger partial charge >= 0.3 is 0 Å². The summed E-state index contributed by atoms with van der Waals surface area (Å²) in [6.07, 6.45) is -0.315. The molecule has 0 radical (unpaired) electrons. The fourth-order valence-electron chi connectivity index (χ4n) is 3.89. The van der Waals surface area contributed by atoms with Gasteiger partial charge in [0, 0.05) is 0 Å². The molecule has 6 nitrogen and oxygen atoms in total. The van der Waals surface area contributed by atoms with Crippen LogP contribution in [0.1, 0.15) is 13.8 Å². The molecule has 2 atom stereocenters. The van der Waals surface area contributed by atoms with Crippen molar-refractivity contribution in [2.45, 2.75) is 26.1 Å². The zero-order valence-corrected chi connectivity index (χ0v) is 21.7. The van der Waals surface area contributed by atoms with Gasteiger partial charge in [-0.1, -0.05) is 48.5 Å². The van der Waals surface area contributed by atoms with Crippen molar-refractivity contribution in [2.24, 2.45) is 0 Å². The van der Waals surface area contributed by atoms with Crippen LogP contribution in [0.4, 0.5) is 0 Å². The van der Waals surface area contributed by atoms with Gasteiger partial charge in [-0.2, -0.15) is 0 Å². The Kier molecular flexibility index (Phi) is 9.62. The van der Waals surface area contributed by atoms with Gasteiger partial charge in [-0.05, 0) is 84.6 Å². The minimum absolute atomic E-state index is 0.00323. The van der Waals surface area contributed by atoms with Crippen molar-refractivity contribution < 1.29 is 29.2 Å². The first kappa shape index (κ1) is 27.0. The third kappa shape index (κ3) is 7.51. The van der Waals surface area contributed by atoms with Gasteiger partial charge in [-0.15, -0.1) is 0 Å². The molecule has 0 aliphatic heterocycles. The van der Waals surface area contributed by atoms with Crippen LogP contribution in [0, 0.1) is 0 Å². The number of benzene rings is 4. The maximum atomic E-state index is 8.88. The highest BCUT2D eigenvalue weighted by molar-refractivity contribution is 5.65. The summed E-state index contributed by atoms with van der Waals surface area (Å²) >= 11 is 0. The Hall–Kier alpha value is -4.00. The van der Waals surface area contributed by atoms with Crippen LogP contribution in [0.2, 0.25) is 0 Å². The van der Waals surface area contributed by atoms with E-state index in [1.807, 2.05) is 111 Å². The molecule has 4 aromatic carbocycles. The topological polar surface area (TPSA) is 77.4 Å². The molecule has 0 bridgehead atoms. The van der Waals surface area contributed by atoms with Crippen LogP contribution in [0.15, 0.2) is 97.1 Å². The molecule has 0 spiro atoms. The molecule has 0 aliphatic carbocycles. The van der Waals surface area contributed by atoms with Crippen molar-refractivity contribution >= 4 is 0 Å². The Morgan fingerprint density at radius 1 is 0.447 bits per heavy atom.